The average Bonchev–Trinajstić information content (AvgIpc) is 3.35. The highest BCUT2D eigenvalue weighted by Gasteiger charge is 2.72. The van der Waals surface area contributed by atoms with E-state index in [0.717, 1.165) is 18.4 Å². The molecule has 140 valence electrons. The first kappa shape index (κ1) is 18.5. The van der Waals surface area contributed by atoms with Crippen molar-refractivity contribution in [3.05, 3.63) is 40.8 Å². The molecule has 26 heavy (non-hydrogen) atoms. The van der Waals surface area contributed by atoms with E-state index in [1.54, 1.807) is 6.92 Å². The standard InChI is InChI=1S/C20H26N2O4/c1-3-16(14(2)18(24)25)19(11-12-19)20(17(23)13-22(26)21-20)10-9-15-7-5-4-6-8-15/h4-8,14,16H,3,9-13H2,1-2H3,(H-,21,24,25,26)/p+1. The number of nitrogens with zero attached hydrogens (tertiary/aromatic N) is 1. The summed E-state index contributed by atoms with van der Waals surface area (Å²) < 4.78 is 0. The van der Waals surface area contributed by atoms with E-state index in [1.165, 1.54) is 0 Å². The molecule has 3 unspecified atom stereocenters. The minimum absolute atomic E-state index is 0.100. The fraction of sp³-hybridized carbons (Fsp3) is 0.600. The van der Waals surface area contributed by atoms with Gasteiger partial charge in [0.05, 0.1) is 10.8 Å². The fourth-order valence-corrected chi connectivity index (χ4v) is 5.03. The maximum absolute atomic E-state index is 13.0. The Bertz CT molecular complexity index is 714. The quantitative estimate of drug-likeness (QED) is 0.697. The van der Waals surface area contributed by atoms with Crippen molar-refractivity contribution in [2.24, 2.45) is 17.3 Å². The van der Waals surface area contributed by atoms with Crippen LogP contribution < -0.4 is 5.43 Å². The SMILES string of the molecule is CCC(C(C)C(=O)O)C1(C2(CCc3ccccc3)N[N+](=O)CC2=O)CC1. The molecule has 2 fully saturated rings. The second kappa shape index (κ2) is 6.82. The molecule has 0 amide bonds. The summed E-state index contributed by atoms with van der Waals surface area (Å²) in [5.74, 6) is -1.63. The van der Waals surface area contributed by atoms with Gasteiger partial charge in [-0.05, 0) is 37.2 Å². The number of carboxylic acids is 1. The van der Waals surface area contributed by atoms with Crippen LogP contribution in [0.15, 0.2) is 30.3 Å². The number of hydrogen-bond acceptors (Lipinski definition) is 3. The van der Waals surface area contributed by atoms with Gasteiger partial charge in [0.1, 0.15) is 4.87 Å². The van der Waals surface area contributed by atoms with Gasteiger partial charge in [0.2, 0.25) is 5.78 Å². The molecule has 1 aliphatic carbocycles. The van der Waals surface area contributed by atoms with Crippen molar-refractivity contribution in [1.29, 1.82) is 0 Å². The van der Waals surface area contributed by atoms with E-state index < -0.39 is 22.8 Å². The molecule has 6 heteroatoms. The van der Waals surface area contributed by atoms with Gasteiger partial charge < -0.3 is 5.11 Å². The number of aliphatic carboxylic acids is 1. The number of carboxylic acid groups (broad SMARTS) is 1. The van der Waals surface area contributed by atoms with Gasteiger partial charge in [-0.25, -0.2) is 0 Å². The van der Waals surface area contributed by atoms with E-state index in [4.69, 9.17) is 0 Å². The fourth-order valence-electron chi connectivity index (χ4n) is 5.03. The zero-order valence-electron chi connectivity index (χ0n) is 15.4. The number of hydrogen-bond donors (Lipinski definition) is 2. The van der Waals surface area contributed by atoms with E-state index in [9.17, 15) is 19.6 Å². The van der Waals surface area contributed by atoms with Crippen molar-refractivity contribution in [3.8, 4) is 0 Å². The number of Topliss-reactive ketones (excluding diaryl/α,β-unsaturated/α-hetero) is 1. The van der Waals surface area contributed by atoms with Gasteiger partial charge in [0.25, 0.3) is 6.54 Å². The zero-order valence-corrected chi connectivity index (χ0v) is 15.4. The lowest BCUT2D eigenvalue weighted by Gasteiger charge is -2.39. The molecule has 3 atom stereocenters. The van der Waals surface area contributed by atoms with Crippen LogP contribution in [-0.4, -0.2) is 33.8 Å². The molecule has 1 aromatic carbocycles. The van der Waals surface area contributed by atoms with Crippen molar-refractivity contribution in [1.82, 2.24) is 5.43 Å². The Morgan fingerprint density at radius 1 is 1.31 bits per heavy atom. The Balaban J connectivity index is 1.94. The van der Waals surface area contributed by atoms with Crippen LogP contribution in [-0.2, 0) is 16.0 Å². The second-order valence-corrected chi connectivity index (χ2v) is 7.76. The minimum atomic E-state index is -0.963. The van der Waals surface area contributed by atoms with Gasteiger partial charge in [-0.2, -0.15) is 0 Å². The summed E-state index contributed by atoms with van der Waals surface area (Å²) in [6.07, 6.45) is 3.42. The maximum atomic E-state index is 13.0. The number of benzene rings is 1. The molecule has 0 spiro atoms. The Labute approximate surface area is 153 Å². The van der Waals surface area contributed by atoms with Gasteiger partial charge in [0.15, 0.2) is 5.54 Å². The van der Waals surface area contributed by atoms with Crippen LogP contribution in [0.5, 0.6) is 0 Å². The first-order valence-electron chi connectivity index (χ1n) is 9.39. The lowest BCUT2D eigenvalue weighted by molar-refractivity contribution is -0.592. The van der Waals surface area contributed by atoms with Crippen molar-refractivity contribution in [3.63, 3.8) is 0 Å². The number of ketones is 1. The number of aryl methyl sites for hydroxylation is 1. The van der Waals surface area contributed by atoms with E-state index >= 15 is 0 Å². The predicted octanol–water partition coefficient (Wildman–Crippen LogP) is 2.75. The molecule has 1 aromatic rings. The van der Waals surface area contributed by atoms with Crippen LogP contribution in [0.25, 0.3) is 0 Å². The van der Waals surface area contributed by atoms with Crippen molar-refractivity contribution in [2.75, 3.05) is 6.54 Å². The third kappa shape index (κ3) is 2.91. The topological polar surface area (TPSA) is 86.5 Å². The summed E-state index contributed by atoms with van der Waals surface area (Å²) in [5, 5.41) is 9.55. The smallest absolute Gasteiger partial charge is 0.306 e. The van der Waals surface area contributed by atoms with Crippen LogP contribution >= 0.6 is 0 Å². The lowest BCUT2D eigenvalue weighted by atomic mass is 9.64. The molecular weight excluding hydrogens is 332 g/mol. The second-order valence-electron chi connectivity index (χ2n) is 7.76. The van der Waals surface area contributed by atoms with Crippen molar-refractivity contribution >= 4 is 11.8 Å². The molecule has 3 rings (SSSR count). The van der Waals surface area contributed by atoms with Crippen LogP contribution in [0.1, 0.15) is 45.1 Å². The van der Waals surface area contributed by atoms with Gasteiger partial charge in [-0.1, -0.05) is 50.6 Å². The highest BCUT2D eigenvalue weighted by atomic mass is 16.4. The highest BCUT2D eigenvalue weighted by molar-refractivity contribution is 5.92. The monoisotopic (exact) mass is 359 g/mol. The van der Waals surface area contributed by atoms with Gasteiger partial charge in [-0.15, -0.1) is 5.43 Å². The predicted molar refractivity (Wildman–Crippen MR) is 96.4 cm³/mol. The molecule has 2 aliphatic rings. The third-order valence-electron chi connectivity index (χ3n) is 6.49. The largest absolute Gasteiger partial charge is 0.481 e. The summed E-state index contributed by atoms with van der Waals surface area (Å²) in [4.78, 5) is 37.3. The minimum Gasteiger partial charge on any atom is -0.481 e. The summed E-state index contributed by atoms with van der Waals surface area (Å²) in [6, 6.07) is 9.89. The highest BCUT2D eigenvalue weighted by Crippen LogP contribution is 2.64. The first-order valence-corrected chi connectivity index (χ1v) is 9.39. The van der Waals surface area contributed by atoms with E-state index in [-0.39, 0.29) is 18.2 Å². The average molecular weight is 359 g/mol. The molecule has 1 saturated heterocycles. The number of carbonyl (C=O) groups excluding carboxylic acids is 1. The maximum Gasteiger partial charge on any atom is 0.306 e. The van der Waals surface area contributed by atoms with Crippen LogP contribution in [0.3, 0.4) is 0 Å². The summed E-state index contributed by atoms with van der Waals surface area (Å²) in [7, 11) is 0. The van der Waals surface area contributed by atoms with Crippen molar-refractivity contribution < 1.29 is 19.6 Å². The summed E-state index contributed by atoms with van der Waals surface area (Å²) >= 11 is 0. The number of nitrogens with one attached hydrogen (secondary N) is 1. The Kier molecular flexibility index (Phi) is 4.86. The van der Waals surface area contributed by atoms with Gasteiger partial charge in [-0.3, -0.25) is 9.59 Å². The Morgan fingerprint density at radius 3 is 2.42 bits per heavy atom. The molecule has 0 aromatic heterocycles. The van der Waals surface area contributed by atoms with E-state index in [1.807, 2.05) is 37.3 Å². The summed E-state index contributed by atoms with van der Waals surface area (Å²) in [6.45, 7) is 3.52. The number of rotatable bonds is 8. The summed E-state index contributed by atoms with van der Waals surface area (Å²) in [5.41, 5.74) is 2.63. The van der Waals surface area contributed by atoms with Crippen LogP contribution in [0, 0.1) is 22.2 Å². The van der Waals surface area contributed by atoms with E-state index in [2.05, 4.69) is 5.43 Å². The molecule has 2 N–H and O–H groups in total. The number of nitroso groups, excluding NO2 is 1. The third-order valence-corrected chi connectivity index (χ3v) is 6.49. The normalized spacial score (nSPS) is 26.2. The molecular formula is C20H27N2O4+. The Morgan fingerprint density at radius 2 is 1.96 bits per heavy atom. The zero-order chi connectivity index (χ0) is 18.9. The molecule has 6 nitrogen and oxygen atoms in total. The lowest BCUT2D eigenvalue weighted by Crippen LogP contribution is -2.58. The molecule has 1 saturated carbocycles. The van der Waals surface area contributed by atoms with Crippen LogP contribution in [0.2, 0.25) is 0 Å². The molecule has 0 bridgehead atoms. The van der Waals surface area contributed by atoms with Gasteiger partial charge >= 0.3 is 5.97 Å². The Hall–Kier alpha value is -2.24. The first-order chi connectivity index (χ1) is 12.4. The molecule has 1 aliphatic heterocycles. The molecule has 0 radical (unpaired) electrons. The number of carbonyl (C=O) groups is 2. The van der Waals surface area contributed by atoms with E-state index in [0.29, 0.717) is 24.1 Å². The van der Waals surface area contributed by atoms with Crippen molar-refractivity contribution in [2.45, 2.75) is 51.5 Å². The van der Waals surface area contributed by atoms with Crippen LogP contribution in [0.4, 0.5) is 0 Å². The molecule has 1 heterocycles. The van der Waals surface area contributed by atoms with Gasteiger partial charge in [0, 0.05) is 5.41 Å². The number of hydrazine groups is 1.